The first-order valence-corrected chi connectivity index (χ1v) is 6.35. The molecular formula is C12H13NS. The molecule has 2 heteroatoms. The van der Waals surface area contributed by atoms with Gasteiger partial charge in [-0.15, -0.1) is 0 Å². The predicted molar refractivity (Wildman–Crippen MR) is 62.9 cm³/mol. The fourth-order valence-electron chi connectivity index (χ4n) is 2.25. The van der Waals surface area contributed by atoms with Crippen molar-refractivity contribution in [2.45, 2.75) is 19.3 Å². The van der Waals surface area contributed by atoms with Gasteiger partial charge in [0.25, 0.3) is 0 Å². The van der Waals surface area contributed by atoms with Gasteiger partial charge < -0.3 is 0 Å². The second-order valence-electron chi connectivity index (χ2n) is 3.86. The molecule has 0 aromatic carbocycles. The Morgan fingerprint density at radius 3 is 3.29 bits per heavy atom. The first kappa shape index (κ1) is 8.54. The van der Waals surface area contributed by atoms with Gasteiger partial charge in [0.2, 0.25) is 0 Å². The van der Waals surface area contributed by atoms with Crippen molar-refractivity contribution in [1.29, 1.82) is 0 Å². The van der Waals surface area contributed by atoms with Crippen molar-refractivity contribution < 1.29 is 0 Å². The van der Waals surface area contributed by atoms with E-state index in [1.54, 1.807) is 5.57 Å². The fourth-order valence-corrected chi connectivity index (χ4v) is 3.18. The van der Waals surface area contributed by atoms with Gasteiger partial charge in [-0.2, -0.15) is 11.8 Å². The Bertz CT molecular complexity index is 385. The van der Waals surface area contributed by atoms with Crippen LogP contribution in [0, 0.1) is 0 Å². The molecular weight excluding hydrogens is 190 g/mol. The molecule has 2 heterocycles. The van der Waals surface area contributed by atoms with E-state index in [9.17, 15) is 0 Å². The Morgan fingerprint density at radius 1 is 1.29 bits per heavy atom. The minimum Gasteiger partial charge on any atom is -0.252 e. The molecule has 3 aliphatic rings. The van der Waals surface area contributed by atoms with E-state index in [1.165, 1.54) is 35.6 Å². The molecule has 2 aliphatic heterocycles. The average molecular weight is 203 g/mol. The third-order valence-corrected chi connectivity index (χ3v) is 4.00. The second-order valence-corrected chi connectivity index (χ2v) is 4.96. The lowest BCUT2D eigenvalue weighted by molar-refractivity contribution is 0.941. The predicted octanol–water partition coefficient (Wildman–Crippen LogP) is 3.11. The van der Waals surface area contributed by atoms with Crippen molar-refractivity contribution in [1.82, 2.24) is 0 Å². The lowest BCUT2D eigenvalue weighted by Crippen LogP contribution is -2.01. The van der Waals surface area contributed by atoms with Crippen molar-refractivity contribution in [3.63, 3.8) is 0 Å². The van der Waals surface area contributed by atoms with Crippen molar-refractivity contribution in [2.75, 3.05) is 11.5 Å². The lowest BCUT2D eigenvalue weighted by atomic mass is 9.96. The van der Waals surface area contributed by atoms with Crippen molar-refractivity contribution >= 4 is 17.5 Å². The highest BCUT2D eigenvalue weighted by atomic mass is 32.2. The Labute approximate surface area is 88.7 Å². The standard InChI is InChI=1S/C12H13NS/c1-2-6-11-9(4-1)10-5-3-7-14-8-12(10)13-11/h1-2,6H,3-5,7-8H2. The van der Waals surface area contributed by atoms with Crippen molar-refractivity contribution in [3.05, 3.63) is 35.1 Å². The Hall–Kier alpha value is -0.760. The molecule has 0 unspecified atom stereocenters. The number of fused-ring (bicyclic) bond motifs is 2. The molecule has 1 saturated heterocycles. The number of aliphatic imine (C=N–C) groups is 1. The highest BCUT2D eigenvalue weighted by molar-refractivity contribution is 8.00. The summed E-state index contributed by atoms with van der Waals surface area (Å²) < 4.78 is 0. The molecule has 72 valence electrons. The van der Waals surface area contributed by atoms with Gasteiger partial charge in [0.05, 0.1) is 11.4 Å². The van der Waals surface area contributed by atoms with Crippen LogP contribution in [-0.2, 0) is 0 Å². The van der Waals surface area contributed by atoms with E-state index in [1.807, 2.05) is 11.8 Å². The Kier molecular flexibility index (Phi) is 2.09. The quantitative estimate of drug-likeness (QED) is 0.589. The molecule has 1 aliphatic carbocycles. The Balaban J connectivity index is 2.05. The highest BCUT2D eigenvalue weighted by Crippen LogP contribution is 2.35. The SMILES string of the molecule is C1=CCC2=C3CCCSCC3=NC2=C1. The summed E-state index contributed by atoms with van der Waals surface area (Å²) in [5, 5.41) is 0. The van der Waals surface area contributed by atoms with E-state index in [-0.39, 0.29) is 0 Å². The maximum Gasteiger partial charge on any atom is 0.0671 e. The topological polar surface area (TPSA) is 12.4 Å². The molecule has 0 N–H and O–H groups in total. The first-order chi connectivity index (χ1) is 6.95. The summed E-state index contributed by atoms with van der Waals surface area (Å²) in [4.78, 5) is 4.72. The summed E-state index contributed by atoms with van der Waals surface area (Å²) in [6, 6.07) is 0. The van der Waals surface area contributed by atoms with Crippen molar-refractivity contribution in [3.8, 4) is 0 Å². The summed E-state index contributed by atoms with van der Waals surface area (Å²) in [6.45, 7) is 0. The number of hydrogen-bond donors (Lipinski definition) is 0. The molecule has 0 bridgehead atoms. The van der Waals surface area contributed by atoms with Gasteiger partial charge in [-0.25, -0.2) is 0 Å². The minimum atomic E-state index is 1.10. The van der Waals surface area contributed by atoms with Crippen LogP contribution in [0.4, 0.5) is 0 Å². The van der Waals surface area contributed by atoms with E-state index < -0.39 is 0 Å². The van der Waals surface area contributed by atoms with E-state index in [4.69, 9.17) is 4.99 Å². The monoisotopic (exact) mass is 203 g/mol. The number of allylic oxidation sites excluding steroid dienone is 5. The van der Waals surface area contributed by atoms with Crippen LogP contribution in [0.1, 0.15) is 19.3 Å². The van der Waals surface area contributed by atoms with Crippen LogP contribution in [-0.4, -0.2) is 17.2 Å². The molecule has 0 atom stereocenters. The summed E-state index contributed by atoms with van der Waals surface area (Å²) >= 11 is 2.03. The highest BCUT2D eigenvalue weighted by Gasteiger charge is 2.24. The smallest absolute Gasteiger partial charge is 0.0671 e. The van der Waals surface area contributed by atoms with Gasteiger partial charge in [0, 0.05) is 5.75 Å². The zero-order chi connectivity index (χ0) is 9.38. The lowest BCUT2D eigenvalue weighted by Gasteiger charge is -2.07. The largest absolute Gasteiger partial charge is 0.252 e. The molecule has 0 aromatic rings. The van der Waals surface area contributed by atoms with E-state index >= 15 is 0 Å². The van der Waals surface area contributed by atoms with Crippen LogP contribution in [0.2, 0.25) is 0 Å². The molecule has 0 amide bonds. The molecule has 0 spiro atoms. The van der Waals surface area contributed by atoms with Gasteiger partial charge in [0.1, 0.15) is 0 Å². The third-order valence-electron chi connectivity index (χ3n) is 2.94. The summed E-state index contributed by atoms with van der Waals surface area (Å²) in [7, 11) is 0. The fraction of sp³-hybridized carbons (Fsp3) is 0.417. The summed E-state index contributed by atoms with van der Waals surface area (Å²) in [5.74, 6) is 2.42. The zero-order valence-electron chi connectivity index (χ0n) is 8.12. The normalized spacial score (nSPS) is 25.1. The maximum atomic E-state index is 4.72. The third kappa shape index (κ3) is 1.29. The van der Waals surface area contributed by atoms with E-state index in [2.05, 4.69) is 18.2 Å². The van der Waals surface area contributed by atoms with E-state index in [0.29, 0.717) is 0 Å². The number of nitrogens with zero attached hydrogens (tertiary/aromatic N) is 1. The average Bonchev–Trinajstić information content (AvgIpc) is 2.42. The minimum absolute atomic E-state index is 1.10. The molecule has 0 aromatic heterocycles. The number of rotatable bonds is 0. The van der Waals surface area contributed by atoms with Crippen molar-refractivity contribution in [2.24, 2.45) is 4.99 Å². The van der Waals surface area contributed by atoms with Crippen LogP contribution in [0.15, 0.2) is 40.1 Å². The van der Waals surface area contributed by atoms with Gasteiger partial charge in [0.15, 0.2) is 0 Å². The number of thioether (sulfide) groups is 1. The summed E-state index contributed by atoms with van der Waals surface area (Å²) in [5.41, 5.74) is 5.66. The zero-order valence-corrected chi connectivity index (χ0v) is 8.94. The van der Waals surface area contributed by atoms with Gasteiger partial charge in [-0.3, -0.25) is 4.99 Å². The molecule has 1 nitrogen and oxygen atoms in total. The van der Waals surface area contributed by atoms with Crippen LogP contribution in [0.25, 0.3) is 0 Å². The summed E-state index contributed by atoms with van der Waals surface area (Å²) in [6.07, 6.45) is 10.2. The Morgan fingerprint density at radius 2 is 2.29 bits per heavy atom. The second kappa shape index (κ2) is 3.43. The van der Waals surface area contributed by atoms with Crippen LogP contribution in [0.3, 0.4) is 0 Å². The van der Waals surface area contributed by atoms with Crippen LogP contribution >= 0.6 is 11.8 Å². The van der Waals surface area contributed by atoms with Crippen LogP contribution in [0.5, 0.6) is 0 Å². The molecule has 1 fully saturated rings. The number of hydrogen-bond acceptors (Lipinski definition) is 2. The first-order valence-electron chi connectivity index (χ1n) is 5.20. The molecule has 14 heavy (non-hydrogen) atoms. The molecule has 3 rings (SSSR count). The molecule has 0 saturated carbocycles. The van der Waals surface area contributed by atoms with Gasteiger partial charge in [-0.1, -0.05) is 12.2 Å². The van der Waals surface area contributed by atoms with E-state index in [0.717, 1.165) is 12.2 Å². The van der Waals surface area contributed by atoms with Gasteiger partial charge in [-0.05, 0) is 42.2 Å². The maximum absolute atomic E-state index is 4.72. The van der Waals surface area contributed by atoms with Crippen LogP contribution < -0.4 is 0 Å². The molecule has 0 radical (unpaired) electrons. The van der Waals surface area contributed by atoms with Gasteiger partial charge >= 0.3 is 0 Å².